The van der Waals surface area contributed by atoms with Gasteiger partial charge in [0.2, 0.25) is 0 Å². The molecule has 0 saturated carbocycles. The monoisotopic (exact) mass is 381 g/mol. The molecule has 0 bridgehead atoms. The van der Waals surface area contributed by atoms with E-state index < -0.39 is 12.5 Å². The first-order chi connectivity index (χ1) is 12.0. The molecule has 0 aliphatic heterocycles. The molecule has 6 nitrogen and oxygen atoms in total. The number of nitro benzene ring substituents is 1. The molecule has 0 unspecified atom stereocenters. The minimum absolute atomic E-state index is 0.0677. The van der Waals surface area contributed by atoms with E-state index in [1.807, 2.05) is 24.3 Å². The standard InChI is InChI=1S/C17H20NO5PS/c1-3-22-24(21,23-4-2)13-17-12-11-16(25-17)10-7-14-5-8-15(9-6-14)18(19)20/h5-12H,3-4,13H2,1-2H3/b10-7+. The molecule has 134 valence electrons. The maximum Gasteiger partial charge on any atom is 0.335 e. The highest BCUT2D eigenvalue weighted by Crippen LogP contribution is 2.52. The molecule has 0 radical (unpaired) electrons. The average molecular weight is 381 g/mol. The summed E-state index contributed by atoms with van der Waals surface area (Å²) in [6.45, 7) is 4.27. The van der Waals surface area contributed by atoms with Crippen molar-refractivity contribution in [1.82, 2.24) is 0 Å². The third-order valence-corrected chi connectivity index (χ3v) is 6.52. The Kier molecular flexibility index (Phi) is 7.08. The number of nitro groups is 1. The van der Waals surface area contributed by atoms with Crippen molar-refractivity contribution in [2.75, 3.05) is 13.2 Å². The number of rotatable bonds is 9. The van der Waals surface area contributed by atoms with Crippen molar-refractivity contribution in [1.29, 1.82) is 0 Å². The Morgan fingerprint density at radius 3 is 2.28 bits per heavy atom. The van der Waals surface area contributed by atoms with Gasteiger partial charge in [-0.15, -0.1) is 11.3 Å². The largest absolute Gasteiger partial charge is 0.335 e. The number of hydrogen-bond donors (Lipinski definition) is 0. The summed E-state index contributed by atoms with van der Waals surface area (Å²) in [6, 6.07) is 10.2. The van der Waals surface area contributed by atoms with Gasteiger partial charge >= 0.3 is 7.60 Å². The Labute approximate surface area is 150 Å². The van der Waals surface area contributed by atoms with Gasteiger partial charge in [0.15, 0.2) is 0 Å². The lowest BCUT2D eigenvalue weighted by atomic mass is 10.2. The van der Waals surface area contributed by atoms with E-state index in [0.717, 1.165) is 15.3 Å². The Morgan fingerprint density at radius 2 is 1.72 bits per heavy atom. The molecule has 0 N–H and O–H groups in total. The molecule has 8 heteroatoms. The van der Waals surface area contributed by atoms with Crippen molar-refractivity contribution in [3.63, 3.8) is 0 Å². The fourth-order valence-corrected chi connectivity index (χ4v) is 5.14. The lowest BCUT2D eigenvalue weighted by molar-refractivity contribution is -0.384. The van der Waals surface area contributed by atoms with Crippen molar-refractivity contribution < 1.29 is 18.5 Å². The van der Waals surface area contributed by atoms with Crippen LogP contribution in [0.1, 0.15) is 29.2 Å². The molecule has 0 spiro atoms. The van der Waals surface area contributed by atoms with Gasteiger partial charge in [-0.1, -0.05) is 6.08 Å². The van der Waals surface area contributed by atoms with Gasteiger partial charge in [-0.25, -0.2) is 0 Å². The minimum Gasteiger partial charge on any atom is -0.309 e. The average Bonchev–Trinajstić information content (AvgIpc) is 3.00. The van der Waals surface area contributed by atoms with Crippen molar-refractivity contribution in [2.45, 2.75) is 20.0 Å². The van der Waals surface area contributed by atoms with Gasteiger partial charge in [0, 0.05) is 21.9 Å². The van der Waals surface area contributed by atoms with E-state index in [0.29, 0.717) is 13.2 Å². The SMILES string of the molecule is CCOP(=O)(Cc1ccc(/C=C/c2ccc([N+](=O)[O-])cc2)s1)OCC. The highest BCUT2D eigenvalue weighted by Gasteiger charge is 2.24. The summed E-state index contributed by atoms with van der Waals surface area (Å²) < 4.78 is 23.2. The Bertz CT molecular complexity index is 775. The van der Waals surface area contributed by atoms with Crippen molar-refractivity contribution >= 4 is 36.8 Å². The van der Waals surface area contributed by atoms with Crippen LogP contribution in [0.2, 0.25) is 0 Å². The van der Waals surface area contributed by atoms with Crippen molar-refractivity contribution in [3.05, 3.63) is 61.8 Å². The van der Waals surface area contributed by atoms with Crippen LogP contribution in [0.25, 0.3) is 12.2 Å². The number of nitrogens with zero attached hydrogens (tertiary/aromatic N) is 1. The summed E-state index contributed by atoms with van der Waals surface area (Å²) in [6.07, 6.45) is 4.05. The molecule has 1 heterocycles. The smallest absolute Gasteiger partial charge is 0.309 e. The summed E-state index contributed by atoms with van der Waals surface area (Å²) in [5.41, 5.74) is 0.938. The number of thiophene rings is 1. The van der Waals surface area contributed by atoms with E-state index >= 15 is 0 Å². The maximum atomic E-state index is 12.5. The fourth-order valence-electron chi connectivity index (χ4n) is 2.17. The van der Waals surface area contributed by atoms with E-state index in [9.17, 15) is 14.7 Å². The zero-order valence-corrected chi connectivity index (χ0v) is 15.8. The highest BCUT2D eigenvalue weighted by molar-refractivity contribution is 7.53. The number of benzene rings is 1. The van der Waals surface area contributed by atoms with E-state index in [1.54, 1.807) is 26.0 Å². The summed E-state index contributed by atoms with van der Waals surface area (Å²) in [4.78, 5) is 12.1. The van der Waals surface area contributed by atoms with Gasteiger partial charge in [-0.2, -0.15) is 0 Å². The first-order valence-electron chi connectivity index (χ1n) is 7.85. The molecule has 2 aromatic rings. The molecule has 1 aromatic carbocycles. The van der Waals surface area contributed by atoms with E-state index in [-0.39, 0.29) is 11.8 Å². The molecule has 0 saturated heterocycles. The Hall–Kier alpha value is -1.79. The number of non-ortho nitro benzene ring substituents is 1. The molecule has 0 fully saturated rings. The molecule has 1 aromatic heterocycles. The van der Waals surface area contributed by atoms with Crippen LogP contribution in [0.3, 0.4) is 0 Å². The molecule has 0 amide bonds. The quantitative estimate of drug-likeness (QED) is 0.321. The Balaban J connectivity index is 2.05. The first-order valence-corrected chi connectivity index (χ1v) is 10.4. The Morgan fingerprint density at radius 1 is 1.08 bits per heavy atom. The van der Waals surface area contributed by atoms with Gasteiger partial charge in [-0.05, 0) is 49.8 Å². The lowest BCUT2D eigenvalue weighted by Crippen LogP contribution is -1.97. The summed E-state index contributed by atoms with van der Waals surface area (Å²) in [7, 11) is -3.10. The number of hydrogen-bond acceptors (Lipinski definition) is 6. The van der Waals surface area contributed by atoms with Crippen LogP contribution in [0.15, 0.2) is 36.4 Å². The topological polar surface area (TPSA) is 78.7 Å². The van der Waals surface area contributed by atoms with Gasteiger partial charge in [0.25, 0.3) is 5.69 Å². The zero-order chi connectivity index (χ0) is 18.3. The van der Waals surface area contributed by atoms with E-state index in [2.05, 4.69) is 0 Å². The third kappa shape index (κ3) is 5.90. The molecular weight excluding hydrogens is 361 g/mol. The summed E-state index contributed by atoms with van der Waals surface area (Å²) in [5, 5.41) is 10.6. The van der Waals surface area contributed by atoms with Crippen LogP contribution in [-0.2, 0) is 19.8 Å². The van der Waals surface area contributed by atoms with Crippen LogP contribution in [0.5, 0.6) is 0 Å². The minimum atomic E-state index is -3.10. The first kappa shape index (κ1) is 19.5. The summed E-state index contributed by atoms with van der Waals surface area (Å²) in [5.74, 6) is 0. The van der Waals surface area contributed by atoms with Crippen LogP contribution < -0.4 is 0 Å². The zero-order valence-electron chi connectivity index (χ0n) is 14.1. The van der Waals surface area contributed by atoms with Crippen LogP contribution in [0.4, 0.5) is 5.69 Å². The predicted octanol–water partition coefficient (Wildman–Crippen LogP) is 5.59. The van der Waals surface area contributed by atoms with Gasteiger partial charge < -0.3 is 9.05 Å². The summed E-state index contributed by atoms with van der Waals surface area (Å²) >= 11 is 1.51. The van der Waals surface area contributed by atoms with Crippen molar-refractivity contribution in [3.8, 4) is 0 Å². The lowest BCUT2D eigenvalue weighted by Gasteiger charge is -2.15. The van der Waals surface area contributed by atoms with Gasteiger partial charge in [0.1, 0.15) is 0 Å². The maximum absolute atomic E-state index is 12.5. The second-order valence-corrected chi connectivity index (χ2v) is 8.34. The third-order valence-electron chi connectivity index (χ3n) is 3.23. The second kappa shape index (κ2) is 9.06. The van der Waals surface area contributed by atoms with Crippen LogP contribution in [-0.4, -0.2) is 18.1 Å². The van der Waals surface area contributed by atoms with Crippen LogP contribution >= 0.6 is 18.9 Å². The molecule has 25 heavy (non-hydrogen) atoms. The van der Waals surface area contributed by atoms with Crippen molar-refractivity contribution in [2.24, 2.45) is 0 Å². The van der Waals surface area contributed by atoms with E-state index in [1.165, 1.54) is 23.5 Å². The molecule has 0 atom stereocenters. The van der Waals surface area contributed by atoms with Gasteiger partial charge in [-0.3, -0.25) is 14.7 Å². The molecule has 2 rings (SSSR count). The predicted molar refractivity (Wildman–Crippen MR) is 101 cm³/mol. The van der Waals surface area contributed by atoms with Gasteiger partial charge in [0.05, 0.1) is 24.3 Å². The second-order valence-electron chi connectivity index (χ2n) is 5.09. The molecule has 0 aliphatic carbocycles. The molecule has 0 aliphatic rings. The van der Waals surface area contributed by atoms with E-state index in [4.69, 9.17) is 9.05 Å². The van der Waals surface area contributed by atoms with Crippen LogP contribution in [0, 0.1) is 10.1 Å². The highest BCUT2D eigenvalue weighted by atomic mass is 32.1. The fraction of sp³-hybridized carbons (Fsp3) is 0.294. The molecular formula is C17H20NO5PS. The normalized spacial score (nSPS) is 11.9.